The van der Waals surface area contributed by atoms with Crippen molar-refractivity contribution in [1.82, 2.24) is 10.0 Å². The van der Waals surface area contributed by atoms with Gasteiger partial charge in [0.05, 0.1) is 6.10 Å². The van der Waals surface area contributed by atoms with Crippen LogP contribution in [0.3, 0.4) is 0 Å². The number of aliphatic hydroxyl groups excluding tert-OH is 1. The molecule has 0 aromatic rings. The second-order valence-corrected chi connectivity index (χ2v) is 2.87. The third kappa shape index (κ3) is 0.963. The number of hydrazine groups is 1. The standard InChI is InChI=1S/C7H12N2O/c10-7-5-8-3-1-2-4-9(8)6-7/h1-2,7,10H,3-6H2. The van der Waals surface area contributed by atoms with E-state index in [0.717, 1.165) is 26.2 Å². The van der Waals surface area contributed by atoms with Crippen molar-refractivity contribution in [3.63, 3.8) is 0 Å². The lowest BCUT2D eigenvalue weighted by Gasteiger charge is -2.28. The zero-order valence-electron chi connectivity index (χ0n) is 5.90. The summed E-state index contributed by atoms with van der Waals surface area (Å²) in [6.07, 6.45) is 4.16. The van der Waals surface area contributed by atoms with Crippen LogP contribution in [0.4, 0.5) is 0 Å². The lowest BCUT2D eigenvalue weighted by Crippen LogP contribution is -2.39. The van der Waals surface area contributed by atoms with Gasteiger partial charge in [-0.3, -0.25) is 0 Å². The van der Waals surface area contributed by atoms with Gasteiger partial charge in [0, 0.05) is 26.2 Å². The lowest BCUT2D eigenvalue weighted by molar-refractivity contribution is 0.0449. The summed E-state index contributed by atoms with van der Waals surface area (Å²) in [5.41, 5.74) is 0. The number of aliphatic hydroxyl groups is 1. The topological polar surface area (TPSA) is 26.7 Å². The Morgan fingerprint density at radius 1 is 1.10 bits per heavy atom. The van der Waals surface area contributed by atoms with Crippen LogP contribution in [0.5, 0.6) is 0 Å². The number of rotatable bonds is 0. The van der Waals surface area contributed by atoms with E-state index in [1.165, 1.54) is 0 Å². The van der Waals surface area contributed by atoms with Gasteiger partial charge in [0.25, 0.3) is 0 Å². The fraction of sp³-hybridized carbons (Fsp3) is 0.714. The molecule has 1 fully saturated rings. The highest BCUT2D eigenvalue weighted by atomic mass is 16.3. The molecule has 0 atom stereocenters. The molecule has 0 saturated carbocycles. The maximum absolute atomic E-state index is 9.25. The summed E-state index contributed by atoms with van der Waals surface area (Å²) in [6.45, 7) is 3.56. The molecule has 2 aliphatic rings. The monoisotopic (exact) mass is 140 g/mol. The van der Waals surface area contributed by atoms with Gasteiger partial charge < -0.3 is 5.11 Å². The first-order valence-electron chi connectivity index (χ1n) is 3.69. The molecule has 2 aliphatic heterocycles. The van der Waals surface area contributed by atoms with Crippen molar-refractivity contribution in [2.24, 2.45) is 0 Å². The van der Waals surface area contributed by atoms with Crippen molar-refractivity contribution in [1.29, 1.82) is 0 Å². The molecule has 0 aliphatic carbocycles. The smallest absolute Gasteiger partial charge is 0.0822 e. The van der Waals surface area contributed by atoms with Crippen molar-refractivity contribution < 1.29 is 5.11 Å². The van der Waals surface area contributed by atoms with E-state index in [1.54, 1.807) is 0 Å². The third-order valence-electron chi connectivity index (χ3n) is 2.04. The van der Waals surface area contributed by atoms with Gasteiger partial charge in [-0.05, 0) is 0 Å². The first-order valence-corrected chi connectivity index (χ1v) is 3.69. The molecule has 2 rings (SSSR count). The molecule has 0 spiro atoms. The van der Waals surface area contributed by atoms with Crippen LogP contribution < -0.4 is 0 Å². The third-order valence-corrected chi connectivity index (χ3v) is 2.04. The summed E-state index contributed by atoms with van der Waals surface area (Å²) in [5, 5.41) is 13.6. The fourth-order valence-corrected chi connectivity index (χ4v) is 1.55. The molecule has 3 nitrogen and oxygen atoms in total. The Hall–Kier alpha value is -0.380. The van der Waals surface area contributed by atoms with Gasteiger partial charge in [-0.15, -0.1) is 0 Å². The average Bonchev–Trinajstić information content (AvgIpc) is 2.27. The molecule has 0 amide bonds. The molecule has 1 saturated heterocycles. The van der Waals surface area contributed by atoms with Crippen molar-refractivity contribution in [3.05, 3.63) is 12.2 Å². The van der Waals surface area contributed by atoms with E-state index in [-0.39, 0.29) is 6.10 Å². The molecule has 0 aromatic heterocycles. The molecular formula is C7H12N2O. The molecular weight excluding hydrogens is 128 g/mol. The van der Waals surface area contributed by atoms with E-state index in [2.05, 4.69) is 22.2 Å². The van der Waals surface area contributed by atoms with Gasteiger partial charge in [-0.2, -0.15) is 0 Å². The van der Waals surface area contributed by atoms with E-state index in [0.29, 0.717) is 0 Å². The summed E-state index contributed by atoms with van der Waals surface area (Å²) in [5.74, 6) is 0. The van der Waals surface area contributed by atoms with Gasteiger partial charge in [0.1, 0.15) is 0 Å². The highest BCUT2D eigenvalue weighted by molar-refractivity contribution is 4.95. The Morgan fingerprint density at radius 3 is 2.10 bits per heavy atom. The molecule has 0 aromatic carbocycles. The van der Waals surface area contributed by atoms with E-state index in [4.69, 9.17) is 0 Å². The van der Waals surface area contributed by atoms with Crippen molar-refractivity contribution in [3.8, 4) is 0 Å². The summed E-state index contributed by atoms with van der Waals surface area (Å²) in [7, 11) is 0. The molecule has 0 unspecified atom stereocenters. The normalized spacial score (nSPS) is 29.3. The number of hydrogen-bond donors (Lipinski definition) is 1. The van der Waals surface area contributed by atoms with Crippen LogP contribution in [0.1, 0.15) is 0 Å². The summed E-state index contributed by atoms with van der Waals surface area (Å²) >= 11 is 0. The zero-order chi connectivity index (χ0) is 6.97. The quantitative estimate of drug-likeness (QED) is 0.457. The van der Waals surface area contributed by atoms with Crippen LogP contribution in [-0.4, -0.2) is 47.4 Å². The maximum atomic E-state index is 9.25. The Morgan fingerprint density at radius 2 is 1.60 bits per heavy atom. The van der Waals surface area contributed by atoms with E-state index in [9.17, 15) is 5.11 Å². The second-order valence-electron chi connectivity index (χ2n) is 2.87. The van der Waals surface area contributed by atoms with E-state index < -0.39 is 0 Å². The van der Waals surface area contributed by atoms with Crippen LogP contribution in [-0.2, 0) is 0 Å². The molecule has 10 heavy (non-hydrogen) atoms. The highest BCUT2D eigenvalue weighted by Gasteiger charge is 2.27. The molecule has 0 radical (unpaired) electrons. The zero-order valence-corrected chi connectivity index (χ0v) is 5.90. The van der Waals surface area contributed by atoms with Crippen LogP contribution >= 0.6 is 0 Å². The highest BCUT2D eigenvalue weighted by Crippen LogP contribution is 2.13. The van der Waals surface area contributed by atoms with Crippen molar-refractivity contribution >= 4 is 0 Å². The van der Waals surface area contributed by atoms with Crippen LogP contribution in [0.15, 0.2) is 12.2 Å². The second kappa shape index (κ2) is 2.34. The molecule has 0 bridgehead atoms. The minimum absolute atomic E-state index is 0.139. The van der Waals surface area contributed by atoms with Gasteiger partial charge >= 0.3 is 0 Å². The van der Waals surface area contributed by atoms with Crippen LogP contribution in [0.25, 0.3) is 0 Å². The van der Waals surface area contributed by atoms with Crippen molar-refractivity contribution in [2.75, 3.05) is 26.2 Å². The van der Waals surface area contributed by atoms with Gasteiger partial charge in [0.15, 0.2) is 0 Å². The number of nitrogens with zero attached hydrogens (tertiary/aromatic N) is 2. The summed E-state index contributed by atoms with van der Waals surface area (Å²) in [4.78, 5) is 0. The molecule has 56 valence electrons. The minimum atomic E-state index is -0.139. The minimum Gasteiger partial charge on any atom is -0.390 e. The van der Waals surface area contributed by atoms with Gasteiger partial charge in [0.2, 0.25) is 0 Å². The van der Waals surface area contributed by atoms with Crippen LogP contribution in [0.2, 0.25) is 0 Å². The molecule has 3 heteroatoms. The summed E-state index contributed by atoms with van der Waals surface area (Å²) < 4.78 is 0. The van der Waals surface area contributed by atoms with E-state index in [1.807, 2.05) is 0 Å². The molecule has 1 N–H and O–H groups in total. The lowest BCUT2D eigenvalue weighted by atomic mass is 10.4. The number of hydrogen-bond acceptors (Lipinski definition) is 3. The Balaban J connectivity index is 2.05. The van der Waals surface area contributed by atoms with Crippen molar-refractivity contribution in [2.45, 2.75) is 6.10 Å². The predicted octanol–water partition coefficient (Wildman–Crippen LogP) is -0.550. The SMILES string of the molecule is OC1CN2CC=CCN2C1. The van der Waals surface area contributed by atoms with Crippen LogP contribution in [0, 0.1) is 0 Å². The predicted molar refractivity (Wildman–Crippen MR) is 38.3 cm³/mol. The number of fused-ring (bicyclic) bond motifs is 1. The Bertz CT molecular complexity index is 142. The van der Waals surface area contributed by atoms with Gasteiger partial charge in [-0.1, -0.05) is 12.2 Å². The first-order chi connectivity index (χ1) is 4.86. The average molecular weight is 140 g/mol. The Kier molecular flexibility index (Phi) is 1.48. The van der Waals surface area contributed by atoms with E-state index >= 15 is 0 Å². The first kappa shape index (κ1) is 6.34. The fourth-order valence-electron chi connectivity index (χ4n) is 1.55. The summed E-state index contributed by atoms with van der Waals surface area (Å²) in [6, 6.07) is 0. The molecule has 2 heterocycles. The largest absolute Gasteiger partial charge is 0.390 e. The Labute approximate surface area is 60.5 Å². The maximum Gasteiger partial charge on any atom is 0.0822 e. The van der Waals surface area contributed by atoms with Gasteiger partial charge in [-0.25, -0.2) is 10.0 Å².